The molecule has 2 unspecified atom stereocenters. The molecule has 1 aliphatic carbocycles. The Kier molecular flexibility index (Phi) is 4.78. The predicted molar refractivity (Wildman–Crippen MR) is 70.0 cm³/mol. The zero-order valence-electron chi connectivity index (χ0n) is 11.4. The quantitative estimate of drug-likeness (QED) is 0.830. The van der Waals surface area contributed by atoms with Gasteiger partial charge in [0.05, 0.1) is 16.6 Å². The molecule has 22 heavy (non-hydrogen) atoms. The third kappa shape index (κ3) is 3.76. The minimum atomic E-state index is -4.99. The van der Waals surface area contributed by atoms with Crippen LogP contribution in [0, 0.1) is 5.82 Å². The second kappa shape index (κ2) is 6.13. The molecule has 0 heterocycles. The Morgan fingerprint density at radius 2 is 1.82 bits per heavy atom. The van der Waals surface area contributed by atoms with Crippen LogP contribution in [0.5, 0.6) is 0 Å². The Balaban J connectivity index is 2.30. The van der Waals surface area contributed by atoms with Gasteiger partial charge in [0.25, 0.3) is 0 Å². The van der Waals surface area contributed by atoms with Crippen molar-refractivity contribution >= 4 is 10.0 Å². The van der Waals surface area contributed by atoms with Gasteiger partial charge in [0, 0.05) is 6.04 Å². The maximum absolute atomic E-state index is 13.2. The monoisotopic (exact) mass is 341 g/mol. The lowest BCUT2D eigenvalue weighted by atomic mass is 9.93. The lowest BCUT2D eigenvalue weighted by Crippen LogP contribution is -2.45. The summed E-state index contributed by atoms with van der Waals surface area (Å²) in [4.78, 5) is -0.681. The summed E-state index contributed by atoms with van der Waals surface area (Å²) in [5, 5.41) is 9.74. The summed E-state index contributed by atoms with van der Waals surface area (Å²) in [7, 11) is -4.27. The summed E-state index contributed by atoms with van der Waals surface area (Å²) >= 11 is 0. The zero-order chi connectivity index (χ0) is 16.5. The van der Waals surface area contributed by atoms with Crippen molar-refractivity contribution in [3.8, 4) is 0 Å². The Labute approximate surface area is 125 Å². The van der Waals surface area contributed by atoms with Crippen molar-refractivity contribution in [2.45, 2.75) is 48.9 Å². The summed E-state index contributed by atoms with van der Waals surface area (Å²) in [5.41, 5.74) is -1.64. The minimum absolute atomic E-state index is 0.257. The van der Waals surface area contributed by atoms with E-state index in [0.717, 1.165) is 12.5 Å². The standard InChI is InChI=1S/C13H15F4NO3S/c14-10-6-5-8(7-9(10)13(15,16)17)22(20,21)18-11-3-1-2-4-12(11)19/h5-7,11-12,18-19H,1-4H2. The maximum Gasteiger partial charge on any atom is 0.419 e. The first-order chi connectivity index (χ1) is 10.1. The average Bonchev–Trinajstić information content (AvgIpc) is 2.40. The SMILES string of the molecule is O=S(=O)(NC1CCCCC1O)c1ccc(F)c(C(F)(F)F)c1. The van der Waals surface area contributed by atoms with Gasteiger partial charge in [-0.05, 0) is 31.0 Å². The third-order valence-corrected chi connectivity index (χ3v) is 5.08. The number of benzene rings is 1. The molecule has 0 aliphatic heterocycles. The van der Waals surface area contributed by atoms with Gasteiger partial charge < -0.3 is 5.11 Å². The molecule has 0 spiro atoms. The highest BCUT2D eigenvalue weighted by Gasteiger charge is 2.36. The van der Waals surface area contributed by atoms with Crippen LogP contribution >= 0.6 is 0 Å². The van der Waals surface area contributed by atoms with Crippen LogP contribution in [0.1, 0.15) is 31.2 Å². The summed E-state index contributed by atoms with van der Waals surface area (Å²) in [5.74, 6) is -1.54. The molecule has 1 aliphatic rings. The van der Waals surface area contributed by atoms with Crippen LogP contribution < -0.4 is 4.72 Å². The van der Waals surface area contributed by atoms with Crippen LogP contribution in [0.3, 0.4) is 0 Å². The molecule has 2 N–H and O–H groups in total. The number of alkyl halides is 3. The van der Waals surface area contributed by atoms with Gasteiger partial charge in [0.2, 0.25) is 10.0 Å². The fourth-order valence-corrected chi connectivity index (χ4v) is 3.73. The van der Waals surface area contributed by atoms with Crippen LogP contribution in [0.25, 0.3) is 0 Å². The Morgan fingerprint density at radius 1 is 1.18 bits per heavy atom. The molecular formula is C13H15F4NO3S. The van der Waals surface area contributed by atoms with Crippen LogP contribution in [0.4, 0.5) is 17.6 Å². The van der Waals surface area contributed by atoms with Crippen LogP contribution in [-0.4, -0.2) is 25.7 Å². The molecule has 1 saturated carbocycles. The molecule has 124 valence electrons. The molecule has 9 heteroatoms. The van der Waals surface area contributed by atoms with E-state index in [2.05, 4.69) is 4.72 Å². The Hall–Kier alpha value is -1.19. The number of hydrogen-bond acceptors (Lipinski definition) is 3. The molecule has 0 amide bonds. The van der Waals surface area contributed by atoms with Gasteiger partial charge in [0.1, 0.15) is 5.82 Å². The fourth-order valence-electron chi connectivity index (χ4n) is 2.40. The predicted octanol–water partition coefficient (Wildman–Crippen LogP) is 2.43. The fraction of sp³-hybridized carbons (Fsp3) is 0.538. The van der Waals surface area contributed by atoms with Gasteiger partial charge in [-0.3, -0.25) is 0 Å². The van der Waals surface area contributed by atoms with Gasteiger partial charge in [-0.2, -0.15) is 13.2 Å². The summed E-state index contributed by atoms with van der Waals surface area (Å²) in [6, 6.07) is 0.738. The van der Waals surface area contributed by atoms with Crippen LogP contribution in [0.2, 0.25) is 0 Å². The van der Waals surface area contributed by atoms with E-state index in [-0.39, 0.29) is 6.07 Å². The summed E-state index contributed by atoms with van der Waals surface area (Å²) in [6.07, 6.45) is -3.58. The van der Waals surface area contributed by atoms with Crippen molar-refractivity contribution in [2.75, 3.05) is 0 Å². The molecule has 0 aromatic heterocycles. The van der Waals surface area contributed by atoms with Gasteiger partial charge >= 0.3 is 6.18 Å². The number of aliphatic hydroxyl groups excluding tert-OH is 1. The average molecular weight is 341 g/mol. The van der Waals surface area contributed by atoms with Crippen LogP contribution in [-0.2, 0) is 16.2 Å². The molecule has 0 radical (unpaired) electrons. The maximum atomic E-state index is 13.2. The van der Waals surface area contributed by atoms with E-state index in [9.17, 15) is 31.1 Å². The van der Waals surface area contributed by atoms with Gasteiger partial charge in [-0.25, -0.2) is 17.5 Å². The second-order valence-electron chi connectivity index (χ2n) is 5.22. The minimum Gasteiger partial charge on any atom is -0.391 e. The first-order valence-electron chi connectivity index (χ1n) is 6.68. The summed E-state index contributed by atoms with van der Waals surface area (Å²) < 4.78 is 77.6. The molecule has 1 aromatic rings. The van der Waals surface area contributed by atoms with Crippen molar-refractivity contribution in [1.29, 1.82) is 0 Å². The molecule has 2 atom stereocenters. The van der Waals surface area contributed by atoms with E-state index in [0.29, 0.717) is 25.3 Å². The highest BCUT2D eigenvalue weighted by atomic mass is 32.2. The highest BCUT2D eigenvalue weighted by Crippen LogP contribution is 2.33. The van der Waals surface area contributed by atoms with E-state index in [1.165, 1.54) is 0 Å². The molecule has 0 saturated heterocycles. The number of sulfonamides is 1. The zero-order valence-corrected chi connectivity index (χ0v) is 12.2. The highest BCUT2D eigenvalue weighted by molar-refractivity contribution is 7.89. The molecule has 1 fully saturated rings. The van der Waals surface area contributed by atoms with Crippen molar-refractivity contribution in [1.82, 2.24) is 4.72 Å². The van der Waals surface area contributed by atoms with Gasteiger partial charge in [-0.15, -0.1) is 0 Å². The lowest BCUT2D eigenvalue weighted by molar-refractivity contribution is -0.140. The molecule has 1 aromatic carbocycles. The lowest BCUT2D eigenvalue weighted by Gasteiger charge is -2.28. The summed E-state index contributed by atoms with van der Waals surface area (Å²) in [6.45, 7) is 0. The largest absolute Gasteiger partial charge is 0.419 e. The number of rotatable bonds is 3. The van der Waals surface area contributed by atoms with E-state index in [1.807, 2.05) is 0 Å². The van der Waals surface area contributed by atoms with Crippen molar-refractivity contribution < 1.29 is 31.1 Å². The molecule has 4 nitrogen and oxygen atoms in total. The Bertz CT molecular complexity index is 645. The number of nitrogens with one attached hydrogen (secondary N) is 1. The van der Waals surface area contributed by atoms with E-state index in [4.69, 9.17) is 0 Å². The smallest absolute Gasteiger partial charge is 0.391 e. The topological polar surface area (TPSA) is 66.4 Å². The first kappa shape index (κ1) is 17.2. The normalized spacial score (nSPS) is 23.5. The third-order valence-electron chi connectivity index (χ3n) is 3.59. The van der Waals surface area contributed by atoms with E-state index in [1.54, 1.807) is 0 Å². The Morgan fingerprint density at radius 3 is 2.41 bits per heavy atom. The van der Waals surface area contributed by atoms with E-state index < -0.39 is 44.6 Å². The first-order valence-corrected chi connectivity index (χ1v) is 8.17. The number of hydrogen-bond donors (Lipinski definition) is 2. The van der Waals surface area contributed by atoms with E-state index >= 15 is 0 Å². The van der Waals surface area contributed by atoms with Crippen molar-refractivity contribution in [3.05, 3.63) is 29.6 Å². The number of halogens is 4. The molecular weight excluding hydrogens is 326 g/mol. The van der Waals surface area contributed by atoms with Crippen molar-refractivity contribution in [2.24, 2.45) is 0 Å². The van der Waals surface area contributed by atoms with Gasteiger partial charge in [0.15, 0.2) is 0 Å². The molecule has 2 rings (SSSR count). The number of aliphatic hydroxyl groups is 1. The van der Waals surface area contributed by atoms with Gasteiger partial charge in [-0.1, -0.05) is 12.8 Å². The molecule has 0 bridgehead atoms. The van der Waals surface area contributed by atoms with Crippen LogP contribution in [0.15, 0.2) is 23.1 Å². The second-order valence-corrected chi connectivity index (χ2v) is 6.93. The van der Waals surface area contributed by atoms with Crippen molar-refractivity contribution in [3.63, 3.8) is 0 Å².